The predicted molar refractivity (Wildman–Crippen MR) is 98.8 cm³/mol. The molecule has 0 bridgehead atoms. The van der Waals surface area contributed by atoms with Crippen LogP contribution in [0.15, 0.2) is 36.4 Å². The first kappa shape index (κ1) is 19.5. The van der Waals surface area contributed by atoms with Crippen LogP contribution in [0.3, 0.4) is 0 Å². The molecule has 1 fully saturated rings. The summed E-state index contributed by atoms with van der Waals surface area (Å²) in [6, 6.07) is 8.36. The van der Waals surface area contributed by atoms with Crippen LogP contribution in [-0.2, 0) is 9.53 Å². The smallest absolute Gasteiger partial charge is 0.251 e. The van der Waals surface area contributed by atoms with Gasteiger partial charge < -0.3 is 20.3 Å². The molecule has 1 saturated heterocycles. The SMILES string of the molecule is C=C(C)CC(NC(=O)c1ccc(N2CCOCC2)cc1)C(=O)NCC#N. The minimum absolute atomic E-state index is 0.102. The zero-order chi connectivity index (χ0) is 18.9. The number of morpholine rings is 1. The van der Waals surface area contributed by atoms with E-state index in [1.807, 2.05) is 18.2 Å². The van der Waals surface area contributed by atoms with Gasteiger partial charge in [-0.05, 0) is 37.6 Å². The highest BCUT2D eigenvalue weighted by atomic mass is 16.5. The van der Waals surface area contributed by atoms with Crippen molar-refractivity contribution in [2.75, 3.05) is 37.7 Å². The van der Waals surface area contributed by atoms with Gasteiger partial charge in [0.2, 0.25) is 5.91 Å². The predicted octanol–water partition coefficient (Wildman–Crippen LogP) is 1.23. The highest BCUT2D eigenvalue weighted by molar-refractivity contribution is 5.97. The Kier molecular flexibility index (Phi) is 7.18. The molecular formula is C19H24N4O3. The second-order valence-corrected chi connectivity index (χ2v) is 6.21. The maximum atomic E-state index is 12.5. The fraction of sp³-hybridized carbons (Fsp3) is 0.421. The molecule has 1 aliphatic heterocycles. The van der Waals surface area contributed by atoms with E-state index in [1.165, 1.54) is 0 Å². The Morgan fingerprint density at radius 3 is 2.54 bits per heavy atom. The van der Waals surface area contributed by atoms with Gasteiger partial charge in [0.1, 0.15) is 12.6 Å². The molecule has 0 spiro atoms. The van der Waals surface area contributed by atoms with Gasteiger partial charge >= 0.3 is 0 Å². The molecule has 1 aromatic rings. The van der Waals surface area contributed by atoms with E-state index in [4.69, 9.17) is 10.00 Å². The molecule has 2 N–H and O–H groups in total. The molecule has 0 aliphatic carbocycles. The van der Waals surface area contributed by atoms with Crippen LogP contribution in [0.5, 0.6) is 0 Å². The summed E-state index contributed by atoms with van der Waals surface area (Å²) in [6.07, 6.45) is 0.314. The van der Waals surface area contributed by atoms with Crippen molar-refractivity contribution in [3.63, 3.8) is 0 Å². The first-order valence-corrected chi connectivity index (χ1v) is 8.54. The zero-order valence-corrected chi connectivity index (χ0v) is 15.0. The normalized spacial score (nSPS) is 14.8. The maximum Gasteiger partial charge on any atom is 0.251 e. The Labute approximate surface area is 153 Å². The topological polar surface area (TPSA) is 94.5 Å². The van der Waals surface area contributed by atoms with Crippen molar-refractivity contribution in [3.05, 3.63) is 42.0 Å². The Morgan fingerprint density at radius 2 is 1.96 bits per heavy atom. The van der Waals surface area contributed by atoms with Crippen molar-refractivity contribution in [2.45, 2.75) is 19.4 Å². The number of benzene rings is 1. The molecule has 7 heteroatoms. The van der Waals surface area contributed by atoms with Gasteiger partial charge in [-0.1, -0.05) is 5.57 Å². The molecule has 0 radical (unpaired) electrons. The number of ether oxygens (including phenoxy) is 1. The van der Waals surface area contributed by atoms with Gasteiger partial charge in [0.05, 0.1) is 19.3 Å². The quantitative estimate of drug-likeness (QED) is 0.566. The fourth-order valence-corrected chi connectivity index (χ4v) is 2.69. The van der Waals surface area contributed by atoms with Gasteiger partial charge in [0.15, 0.2) is 0 Å². The molecular weight excluding hydrogens is 332 g/mol. The van der Waals surface area contributed by atoms with Gasteiger partial charge in [-0.2, -0.15) is 5.26 Å². The lowest BCUT2D eigenvalue weighted by Gasteiger charge is -2.28. The molecule has 2 rings (SSSR count). The van der Waals surface area contributed by atoms with E-state index < -0.39 is 11.9 Å². The number of hydrogen-bond donors (Lipinski definition) is 2. The van der Waals surface area contributed by atoms with E-state index in [0.29, 0.717) is 25.2 Å². The van der Waals surface area contributed by atoms with Crippen molar-refractivity contribution < 1.29 is 14.3 Å². The van der Waals surface area contributed by atoms with Gasteiger partial charge in [0.25, 0.3) is 5.91 Å². The van der Waals surface area contributed by atoms with Crippen LogP contribution in [0.1, 0.15) is 23.7 Å². The van der Waals surface area contributed by atoms with Gasteiger partial charge in [-0.3, -0.25) is 9.59 Å². The van der Waals surface area contributed by atoms with Gasteiger partial charge in [-0.25, -0.2) is 0 Å². The Bertz CT molecular complexity index is 688. The molecule has 0 aromatic heterocycles. The van der Waals surface area contributed by atoms with Crippen molar-refractivity contribution in [1.82, 2.24) is 10.6 Å². The second kappa shape index (κ2) is 9.59. The van der Waals surface area contributed by atoms with Gasteiger partial charge in [0, 0.05) is 24.3 Å². The van der Waals surface area contributed by atoms with Crippen molar-refractivity contribution in [2.24, 2.45) is 0 Å². The lowest BCUT2D eigenvalue weighted by atomic mass is 10.1. The van der Waals surface area contributed by atoms with Crippen LogP contribution in [0, 0.1) is 11.3 Å². The number of amides is 2. The summed E-state index contributed by atoms with van der Waals surface area (Å²) in [7, 11) is 0. The Hall–Kier alpha value is -2.85. The number of anilines is 1. The summed E-state index contributed by atoms with van der Waals surface area (Å²) in [4.78, 5) is 26.8. The molecule has 1 aliphatic rings. The van der Waals surface area contributed by atoms with Crippen molar-refractivity contribution >= 4 is 17.5 Å². The van der Waals surface area contributed by atoms with E-state index in [1.54, 1.807) is 19.1 Å². The van der Waals surface area contributed by atoms with Crippen LogP contribution in [0.25, 0.3) is 0 Å². The van der Waals surface area contributed by atoms with Crippen LogP contribution in [0.4, 0.5) is 5.69 Å². The lowest BCUT2D eigenvalue weighted by molar-refractivity contribution is -0.122. The summed E-state index contributed by atoms with van der Waals surface area (Å²) < 4.78 is 5.34. The van der Waals surface area contributed by atoms with E-state index in [2.05, 4.69) is 22.1 Å². The van der Waals surface area contributed by atoms with Crippen molar-refractivity contribution in [3.8, 4) is 6.07 Å². The number of carbonyl (C=O) groups is 2. The van der Waals surface area contributed by atoms with Crippen molar-refractivity contribution in [1.29, 1.82) is 5.26 Å². The Morgan fingerprint density at radius 1 is 1.31 bits per heavy atom. The molecule has 0 saturated carbocycles. The lowest BCUT2D eigenvalue weighted by Crippen LogP contribution is -2.47. The minimum atomic E-state index is -0.757. The number of nitriles is 1. The number of nitrogens with one attached hydrogen (secondary N) is 2. The first-order valence-electron chi connectivity index (χ1n) is 8.54. The molecule has 2 amide bonds. The maximum absolute atomic E-state index is 12.5. The van der Waals surface area contributed by atoms with Crippen LogP contribution >= 0.6 is 0 Å². The average Bonchev–Trinajstić information content (AvgIpc) is 2.66. The Balaban J connectivity index is 2.02. The molecule has 26 heavy (non-hydrogen) atoms. The van der Waals surface area contributed by atoms with E-state index in [9.17, 15) is 9.59 Å². The third-order valence-electron chi connectivity index (χ3n) is 4.02. The molecule has 138 valence electrons. The zero-order valence-electron chi connectivity index (χ0n) is 15.0. The van der Waals surface area contributed by atoms with Gasteiger partial charge in [-0.15, -0.1) is 6.58 Å². The monoisotopic (exact) mass is 356 g/mol. The molecule has 7 nitrogen and oxygen atoms in total. The standard InChI is InChI=1S/C19H24N4O3/c1-14(2)13-17(19(25)21-8-7-20)22-18(24)15-3-5-16(6-4-15)23-9-11-26-12-10-23/h3-6,17H,1,8-13H2,2H3,(H,21,25)(H,22,24). The third-order valence-corrected chi connectivity index (χ3v) is 4.02. The first-order chi connectivity index (χ1) is 12.5. The summed E-state index contributed by atoms with van der Waals surface area (Å²) in [5.74, 6) is -0.732. The summed E-state index contributed by atoms with van der Waals surface area (Å²) >= 11 is 0. The highest BCUT2D eigenvalue weighted by Gasteiger charge is 2.21. The van der Waals surface area contributed by atoms with E-state index >= 15 is 0 Å². The second-order valence-electron chi connectivity index (χ2n) is 6.21. The summed E-state index contributed by atoms with van der Waals surface area (Å²) in [5, 5.41) is 13.8. The van der Waals surface area contributed by atoms with Crippen LogP contribution < -0.4 is 15.5 Å². The fourth-order valence-electron chi connectivity index (χ4n) is 2.69. The average molecular weight is 356 g/mol. The highest BCUT2D eigenvalue weighted by Crippen LogP contribution is 2.17. The van der Waals surface area contributed by atoms with Crippen LogP contribution in [-0.4, -0.2) is 50.7 Å². The number of nitrogens with zero attached hydrogens (tertiary/aromatic N) is 2. The van der Waals surface area contributed by atoms with E-state index in [-0.39, 0.29) is 12.5 Å². The van der Waals surface area contributed by atoms with Crippen LogP contribution in [0.2, 0.25) is 0 Å². The largest absolute Gasteiger partial charge is 0.378 e. The summed E-state index contributed by atoms with van der Waals surface area (Å²) in [6.45, 7) is 8.52. The number of hydrogen-bond acceptors (Lipinski definition) is 5. The molecule has 1 atom stereocenters. The summed E-state index contributed by atoms with van der Waals surface area (Å²) in [5.41, 5.74) is 2.28. The minimum Gasteiger partial charge on any atom is -0.378 e. The van der Waals surface area contributed by atoms with E-state index in [0.717, 1.165) is 24.4 Å². The number of carbonyl (C=O) groups excluding carboxylic acids is 2. The third kappa shape index (κ3) is 5.60. The molecule has 1 unspecified atom stereocenters. The molecule has 1 aromatic carbocycles. The number of rotatable bonds is 7. The molecule has 1 heterocycles.